The molecule has 0 aromatic carbocycles. The first-order valence-electron chi connectivity index (χ1n) is 6.23. The highest BCUT2D eigenvalue weighted by molar-refractivity contribution is 5.10. The lowest BCUT2D eigenvalue weighted by Crippen LogP contribution is -2.37. The van der Waals surface area contributed by atoms with Gasteiger partial charge in [0.1, 0.15) is 0 Å². The van der Waals surface area contributed by atoms with Crippen LogP contribution in [0.4, 0.5) is 0 Å². The van der Waals surface area contributed by atoms with Crippen molar-refractivity contribution in [2.75, 3.05) is 13.1 Å². The van der Waals surface area contributed by atoms with Gasteiger partial charge < -0.3 is 5.73 Å². The summed E-state index contributed by atoms with van der Waals surface area (Å²) in [6, 6.07) is 7.08. The third kappa shape index (κ3) is 2.25. The number of nitrogens with two attached hydrogens (primary N) is 1. The van der Waals surface area contributed by atoms with Crippen LogP contribution in [-0.4, -0.2) is 29.0 Å². The second-order valence-corrected chi connectivity index (χ2v) is 4.45. The van der Waals surface area contributed by atoms with Crippen molar-refractivity contribution < 1.29 is 0 Å². The smallest absolute Gasteiger partial charge is 0.0646 e. The van der Waals surface area contributed by atoms with E-state index in [2.05, 4.69) is 22.9 Å². The Labute approximate surface area is 97.7 Å². The molecule has 0 saturated carbocycles. The van der Waals surface area contributed by atoms with E-state index >= 15 is 0 Å². The SMILES string of the molecule is CCC1CCCN1C(CN)c1ccccn1. The molecule has 1 aliphatic heterocycles. The van der Waals surface area contributed by atoms with Crippen molar-refractivity contribution >= 4 is 0 Å². The van der Waals surface area contributed by atoms with E-state index in [9.17, 15) is 0 Å². The third-order valence-electron chi connectivity index (χ3n) is 3.55. The lowest BCUT2D eigenvalue weighted by atomic mass is 10.1. The van der Waals surface area contributed by atoms with Gasteiger partial charge in [-0.05, 0) is 37.9 Å². The predicted octanol–water partition coefficient (Wildman–Crippen LogP) is 1.96. The summed E-state index contributed by atoms with van der Waals surface area (Å²) in [5.41, 5.74) is 7.04. The van der Waals surface area contributed by atoms with Crippen molar-refractivity contribution in [1.29, 1.82) is 0 Å². The molecule has 3 heteroatoms. The highest BCUT2D eigenvalue weighted by Crippen LogP contribution is 2.29. The predicted molar refractivity (Wildman–Crippen MR) is 66.1 cm³/mol. The number of hydrogen-bond donors (Lipinski definition) is 1. The van der Waals surface area contributed by atoms with E-state index in [0.29, 0.717) is 18.6 Å². The first-order valence-corrected chi connectivity index (χ1v) is 6.23. The maximum Gasteiger partial charge on any atom is 0.0646 e. The van der Waals surface area contributed by atoms with Crippen molar-refractivity contribution in [3.05, 3.63) is 30.1 Å². The van der Waals surface area contributed by atoms with Crippen LogP contribution in [0.25, 0.3) is 0 Å². The molecule has 16 heavy (non-hydrogen) atoms. The molecule has 1 saturated heterocycles. The van der Waals surface area contributed by atoms with Crippen LogP contribution in [0.2, 0.25) is 0 Å². The van der Waals surface area contributed by atoms with Crippen molar-refractivity contribution in [3.8, 4) is 0 Å². The molecule has 1 aliphatic rings. The van der Waals surface area contributed by atoms with Gasteiger partial charge in [-0.15, -0.1) is 0 Å². The molecule has 0 aliphatic carbocycles. The minimum absolute atomic E-state index is 0.300. The molecule has 88 valence electrons. The zero-order valence-corrected chi connectivity index (χ0v) is 9.97. The van der Waals surface area contributed by atoms with Crippen LogP contribution in [0.1, 0.15) is 37.9 Å². The van der Waals surface area contributed by atoms with Crippen molar-refractivity contribution in [3.63, 3.8) is 0 Å². The Morgan fingerprint density at radius 1 is 1.56 bits per heavy atom. The summed E-state index contributed by atoms with van der Waals surface area (Å²) >= 11 is 0. The lowest BCUT2D eigenvalue weighted by molar-refractivity contribution is 0.177. The third-order valence-corrected chi connectivity index (χ3v) is 3.55. The van der Waals surface area contributed by atoms with E-state index in [0.717, 1.165) is 12.2 Å². The normalized spacial score (nSPS) is 23.5. The summed E-state index contributed by atoms with van der Waals surface area (Å²) in [6.07, 6.45) is 5.67. The fourth-order valence-electron chi connectivity index (χ4n) is 2.71. The molecule has 3 nitrogen and oxygen atoms in total. The molecular formula is C13H21N3. The Balaban J connectivity index is 2.16. The average molecular weight is 219 g/mol. The molecule has 2 rings (SSSR count). The number of hydrogen-bond acceptors (Lipinski definition) is 3. The summed E-state index contributed by atoms with van der Waals surface area (Å²) in [4.78, 5) is 6.97. The van der Waals surface area contributed by atoms with E-state index in [1.807, 2.05) is 18.3 Å². The molecule has 0 spiro atoms. The second-order valence-electron chi connectivity index (χ2n) is 4.45. The Kier molecular flexibility index (Phi) is 3.91. The van der Waals surface area contributed by atoms with Gasteiger partial charge in [-0.1, -0.05) is 13.0 Å². The molecule has 0 amide bonds. The van der Waals surface area contributed by atoms with E-state index in [-0.39, 0.29) is 0 Å². The Hall–Kier alpha value is -0.930. The molecule has 1 fully saturated rings. The Morgan fingerprint density at radius 2 is 2.44 bits per heavy atom. The van der Waals surface area contributed by atoms with Gasteiger partial charge in [0, 0.05) is 18.8 Å². The van der Waals surface area contributed by atoms with Crippen LogP contribution in [0.5, 0.6) is 0 Å². The highest BCUT2D eigenvalue weighted by Gasteiger charge is 2.30. The monoisotopic (exact) mass is 219 g/mol. The summed E-state index contributed by atoms with van der Waals surface area (Å²) in [5.74, 6) is 0. The maximum atomic E-state index is 5.92. The van der Waals surface area contributed by atoms with Gasteiger partial charge in [0.25, 0.3) is 0 Å². The highest BCUT2D eigenvalue weighted by atomic mass is 15.2. The number of pyridine rings is 1. The summed E-state index contributed by atoms with van der Waals surface area (Å²) in [5, 5.41) is 0. The molecule has 2 heterocycles. The summed E-state index contributed by atoms with van der Waals surface area (Å²) in [7, 11) is 0. The van der Waals surface area contributed by atoms with Crippen LogP contribution in [0.15, 0.2) is 24.4 Å². The number of rotatable bonds is 4. The number of nitrogens with zero attached hydrogens (tertiary/aromatic N) is 2. The minimum atomic E-state index is 0.300. The first-order chi connectivity index (χ1) is 7.86. The fourth-order valence-corrected chi connectivity index (χ4v) is 2.71. The Bertz CT molecular complexity index is 312. The minimum Gasteiger partial charge on any atom is -0.329 e. The molecular weight excluding hydrogens is 198 g/mol. The van der Waals surface area contributed by atoms with Crippen LogP contribution in [-0.2, 0) is 0 Å². The molecule has 2 atom stereocenters. The topological polar surface area (TPSA) is 42.1 Å². The Morgan fingerprint density at radius 3 is 3.06 bits per heavy atom. The summed E-state index contributed by atoms with van der Waals surface area (Å²) < 4.78 is 0. The summed E-state index contributed by atoms with van der Waals surface area (Å²) in [6.45, 7) is 4.08. The largest absolute Gasteiger partial charge is 0.329 e. The van der Waals surface area contributed by atoms with Crippen molar-refractivity contribution in [2.24, 2.45) is 5.73 Å². The molecule has 2 N–H and O–H groups in total. The van der Waals surface area contributed by atoms with Crippen molar-refractivity contribution in [1.82, 2.24) is 9.88 Å². The van der Waals surface area contributed by atoms with E-state index < -0.39 is 0 Å². The fraction of sp³-hybridized carbons (Fsp3) is 0.615. The zero-order valence-electron chi connectivity index (χ0n) is 9.97. The molecule has 0 radical (unpaired) electrons. The standard InChI is InChI=1S/C13H21N3/c1-2-11-6-5-9-16(11)13(10-14)12-7-3-4-8-15-12/h3-4,7-8,11,13H,2,5-6,9-10,14H2,1H3. The molecule has 0 bridgehead atoms. The van der Waals surface area contributed by atoms with Gasteiger partial charge in [0.2, 0.25) is 0 Å². The second kappa shape index (κ2) is 5.41. The number of likely N-dealkylation sites (tertiary alicyclic amines) is 1. The van der Waals surface area contributed by atoms with Gasteiger partial charge in [-0.3, -0.25) is 9.88 Å². The lowest BCUT2D eigenvalue weighted by Gasteiger charge is -2.31. The van der Waals surface area contributed by atoms with Crippen LogP contribution in [0, 0.1) is 0 Å². The van der Waals surface area contributed by atoms with Gasteiger partial charge in [0.15, 0.2) is 0 Å². The van der Waals surface area contributed by atoms with Crippen molar-refractivity contribution in [2.45, 2.75) is 38.3 Å². The van der Waals surface area contributed by atoms with E-state index in [1.54, 1.807) is 0 Å². The van der Waals surface area contributed by atoms with Crippen LogP contribution >= 0.6 is 0 Å². The van der Waals surface area contributed by atoms with Crippen LogP contribution in [0.3, 0.4) is 0 Å². The molecule has 1 aromatic heterocycles. The maximum absolute atomic E-state index is 5.92. The van der Waals surface area contributed by atoms with Gasteiger partial charge in [-0.25, -0.2) is 0 Å². The number of aromatic nitrogens is 1. The first kappa shape index (κ1) is 11.6. The molecule has 2 unspecified atom stereocenters. The van der Waals surface area contributed by atoms with E-state index in [1.165, 1.54) is 19.3 Å². The quantitative estimate of drug-likeness (QED) is 0.841. The average Bonchev–Trinajstić information content (AvgIpc) is 2.80. The van der Waals surface area contributed by atoms with Gasteiger partial charge >= 0.3 is 0 Å². The van der Waals surface area contributed by atoms with Crippen LogP contribution < -0.4 is 5.73 Å². The van der Waals surface area contributed by atoms with Gasteiger partial charge in [-0.2, -0.15) is 0 Å². The molecule has 1 aromatic rings. The van der Waals surface area contributed by atoms with E-state index in [4.69, 9.17) is 5.73 Å². The van der Waals surface area contributed by atoms with Gasteiger partial charge in [0.05, 0.1) is 11.7 Å². The zero-order chi connectivity index (χ0) is 11.4.